The van der Waals surface area contributed by atoms with Crippen molar-refractivity contribution in [2.45, 2.75) is 0 Å². The molecule has 22 heavy (non-hydrogen) atoms. The number of imidazole rings is 1. The molecule has 2 N–H and O–H groups in total. The van der Waals surface area contributed by atoms with Gasteiger partial charge in [-0.3, -0.25) is 10.1 Å². The standard InChI is InChI=1S/C15H13N5O2/c1-19-13-5-3-2-4-12(13)17-15(19)18-14(16)10-6-8-11(9-7-10)20(21)22/h2-9H,1H3,(H2,16,17,18). The number of benzene rings is 2. The van der Waals surface area contributed by atoms with Gasteiger partial charge in [0.1, 0.15) is 5.84 Å². The molecule has 1 heterocycles. The van der Waals surface area contributed by atoms with Gasteiger partial charge in [0.2, 0.25) is 5.95 Å². The summed E-state index contributed by atoms with van der Waals surface area (Å²) in [5, 5.41) is 10.6. The first kappa shape index (κ1) is 13.7. The molecule has 0 saturated heterocycles. The van der Waals surface area contributed by atoms with Crippen LogP contribution in [-0.4, -0.2) is 20.3 Å². The number of nitro benzene ring substituents is 1. The molecule has 0 atom stereocenters. The Morgan fingerprint density at radius 1 is 1.23 bits per heavy atom. The third kappa shape index (κ3) is 2.39. The van der Waals surface area contributed by atoms with Crippen molar-refractivity contribution in [2.75, 3.05) is 0 Å². The lowest BCUT2D eigenvalue weighted by molar-refractivity contribution is -0.384. The summed E-state index contributed by atoms with van der Waals surface area (Å²) in [4.78, 5) is 18.9. The second-order valence-electron chi connectivity index (χ2n) is 4.76. The molecule has 0 saturated carbocycles. The summed E-state index contributed by atoms with van der Waals surface area (Å²) in [5.41, 5.74) is 8.38. The van der Waals surface area contributed by atoms with E-state index in [0.29, 0.717) is 11.5 Å². The summed E-state index contributed by atoms with van der Waals surface area (Å²) in [6.45, 7) is 0. The van der Waals surface area contributed by atoms with Gasteiger partial charge in [-0.15, -0.1) is 0 Å². The maximum atomic E-state index is 10.6. The van der Waals surface area contributed by atoms with E-state index in [0.717, 1.165) is 11.0 Å². The number of nitrogens with zero attached hydrogens (tertiary/aromatic N) is 4. The molecule has 0 aliphatic heterocycles. The van der Waals surface area contributed by atoms with Crippen LogP contribution < -0.4 is 5.73 Å². The third-order valence-electron chi connectivity index (χ3n) is 3.36. The first-order valence-electron chi connectivity index (χ1n) is 6.57. The Kier molecular flexibility index (Phi) is 3.30. The van der Waals surface area contributed by atoms with Crippen LogP contribution in [0, 0.1) is 10.1 Å². The van der Waals surface area contributed by atoms with Crippen LogP contribution in [0.2, 0.25) is 0 Å². The molecule has 0 aliphatic rings. The second kappa shape index (κ2) is 5.28. The average molecular weight is 295 g/mol. The van der Waals surface area contributed by atoms with Gasteiger partial charge in [0.05, 0.1) is 16.0 Å². The quantitative estimate of drug-likeness (QED) is 0.347. The molecule has 0 aliphatic carbocycles. The maximum Gasteiger partial charge on any atom is 0.269 e. The van der Waals surface area contributed by atoms with E-state index < -0.39 is 4.92 Å². The zero-order valence-electron chi connectivity index (χ0n) is 11.8. The molecular weight excluding hydrogens is 282 g/mol. The lowest BCUT2D eigenvalue weighted by atomic mass is 10.2. The number of aromatic nitrogens is 2. The number of fused-ring (bicyclic) bond motifs is 1. The van der Waals surface area contributed by atoms with Crippen molar-refractivity contribution >= 4 is 28.5 Å². The van der Waals surface area contributed by atoms with Crippen LogP contribution in [0.15, 0.2) is 53.5 Å². The van der Waals surface area contributed by atoms with E-state index in [4.69, 9.17) is 5.73 Å². The van der Waals surface area contributed by atoms with Crippen LogP contribution in [0.5, 0.6) is 0 Å². The Labute approximate surface area is 125 Å². The van der Waals surface area contributed by atoms with Gasteiger partial charge < -0.3 is 10.3 Å². The molecule has 0 amide bonds. The average Bonchev–Trinajstić information content (AvgIpc) is 2.84. The number of aryl methyl sites for hydroxylation is 1. The Balaban J connectivity index is 1.99. The highest BCUT2D eigenvalue weighted by Crippen LogP contribution is 2.20. The predicted octanol–water partition coefficient (Wildman–Crippen LogP) is 2.52. The van der Waals surface area contributed by atoms with Gasteiger partial charge in [0.15, 0.2) is 0 Å². The molecule has 1 aromatic heterocycles. The molecule has 3 aromatic rings. The zero-order valence-corrected chi connectivity index (χ0v) is 11.8. The van der Waals surface area contributed by atoms with Gasteiger partial charge in [-0.05, 0) is 24.3 Å². The van der Waals surface area contributed by atoms with E-state index in [1.807, 2.05) is 35.9 Å². The highest BCUT2D eigenvalue weighted by Gasteiger charge is 2.09. The van der Waals surface area contributed by atoms with Gasteiger partial charge in [0.25, 0.3) is 5.69 Å². The summed E-state index contributed by atoms with van der Waals surface area (Å²) in [6.07, 6.45) is 0. The zero-order chi connectivity index (χ0) is 15.7. The number of hydrogen-bond acceptors (Lipinski definition) is 4. The van der Waals surface area contributed by atoms with E-state index in [2.05, 4.69) is 9.98 Å². The topological polar surface area (TPSA) is 99.3 Å². The molecule has 0 radical (unpaired) electrons. The Hall–Kier alpha value is -3.22. The van der Waals surface area contributed by atoms with Gasteiger partial charge >= 0.3 is 0 Å². The number of amidine groups is 1. The van der Waals surface area contributed by atoms with E-state index in [1.165, 1.54) is 12.1 Å². The van der Waals surface area contributed by atoms with Crippen molar-refractivity contribution in [3.8, 4) is 0 Å². The lowest BCUT2D eigenvalue weighted by Gasteiger charge is -2.01. The van der Waals surface area contributed by atoms with Gasteiger partial charge in [-0.1, -0.05) is 12.1 Å². The van der Waals surface area contributed by atoms with Crippen LogP contribution in [0.25, 0.3) is 11.0 Å². The molecule has 7 heteroatoms. The largest absolute Gasteiger partial charge is 0.383 e. The number of nitrogens with two attached hydrogens (primary N) is 1. The predicted molar refractivity (Wildman–Crippen MR) is 84.2 cm³/mol. The van der Waals surface area contributed by atoms with Gasteiger partial charge in [-0.25, -0.2) is 4.98 Å². The van der Waals surface area contributed by atoms with E-state index in [-0.39, 0.29) is 11.5 Å². The van der Waals surface area contributed by atoms with Crippen molar-refractivity contribution in [3.05, 3.63) is 64.2 Å². The Morgan fingerprint density at radius 2 is 1.91 bits per heavy atom. The number of nitro groups is 1. The molecule has 0 fully saturated rings. The van der Waals surface area contributed by atoms with Crippen molar-refractivity contribution in [3.63, 3.8) is 0 Å². The highest BCUT2D eigenvalue weighted by molar-refractivity contribution is 5.99. The smallest absolute Gasteiger partial charge is 0.269 e. The molecule has 2 aromatic carbocycles. The van der Waals surface area contributed by atoms with E-state index in [9.17, 15) is 10.1 Å². The minimum Gasteiger partial charge on any atom is -0.383 e. The summed E-state index contributed by atoms with van der Waals surface area (Å²) in [5.74, 6) is 0.741. The van der Waals surface area contributed by atoms with Crippen molar-refractivity contribution in [1.82, 2.24) is 9.55 Å². The molecular formula is C15H13N5O2. The molecule has 3 rings (SSSR count). The number of hydrogen-bond donors (Lipinski definition) is 1. The fraction of sp³-hybridized carbons (Fsp3) is 0.0667. The summed E-state index contributed by atoms with van der Waals surface area (Å²) < 4.78 is 1.84. The molecule has 110 valence electrons. The van der Waals surface area contributed by atoms with Crippen LogP contribution in [0.1, 0.15) is 5.56 Å². The van der Waals surface area contributed by atoms with Crippen LogP contribution in [-0.2, 0) is 7.05 Å². The van der Waals surface area contributed by atoms with Crippen LogP contribution in [0.3, 0.4) is 0 Å². The second-order valence-corrected chi connectivity index (χ2v) is 4.76. The Morgan fingerprint density at radius 3 is 2.55 bits per heavy atom. The minimum atomic E-state index is -0.456. The maximum absolute atomic E-state index is 10.6. The highest BCUT2D eigenvalue weighted by atomic mass is 16.6. The SMILES string of the molecule is Cn1c(N=C(N)c2ccc([N+](=O)[O-])cc2)nc2ccccc21. The fourth-order valence-electron chi connectivity index (χ4n) is 2.16. The van der Waals surface area contributed by atoms with Gasteiger partial charge in [0, 0.05) is 24.7 Å². The number of para-hydroxylation sites is 2. The molecule has 0 bridgehead atoms. The van der Waals surface area contributed by atoms with Crippen LogP contribution >= 0.6 is 0 Å². The molecule has 0 spiro atoms. The fourth-order valence-corrected chi connectivity index (χ4v) is 2.16. The summed E-state index contributed by atoms with van der Waals surface area (Å²) in [7, 11) is 1.86. The number of non-ortho nitro benzene ring substituents is 1. The first-order valence-corrected chi connectivity index (χ1v) is 6.57. The van der Waals surface area contributed by atoms with Crippen molar-refractivity contribution in [1.29, 1.82) is 0 Å². The van der Waals surface area contributed by atoms with E-state index >= 15 is 0 Å². The van der Waals surface area contributed by atoms with Gasteiger partial charge in [-0.2, -0.15) is 4.99 Å². The minimum absolute atomic E-state index is 0.0132. The monoisotopic (exact) mass is 295 g/mol. The van der Waals surface area contributed by atoms with E-state index in [1.54, 1.807) is 12.1 Å². The first-order chi connectivity index (χ1) is 10.6. The molecule has 0 unspecified atom stereocenters. The molecule has 7 nitrogen and oxygen atoms in total. The third-order valence-corrected chi connectivity index (χ3v) is 3.36. The van der Waals surface area contributed by atoms with Crippen LogP contribution in [0.4, 0.5) is 11.6 Å². The Bertz CT molecular complexity index is 881. The number of rotatable bonds is 3. The van der Waals surface area contributed by atoms with Crippen molar-refractivity contribution in [2.24, 2.45) is 17.8 Å². The number of aliphatic imine (C=N–C) groups is 1. The summed E-state index contributed by atoms with van der Waals surface area (Å²) >= 11 is 0. The lowest BCUT2D eigenvalue weighted by Crippen LogP contribution is -2.13. The summed E-state index contributed by atoms with van der Waals surface area (Å²) in [6, 6.07) is 13.6. The van der Waals surface area contributed by atoms with Crippen molar-refractivity contribution < 1.29 is 4.92 Å². The normalized spacial score (nSPS) is 11.8.